The summed E-state index contributed by atoms with van der Waals surface area (Å²) in [6.07, 6.45) is 0. The van der Waals surface area contributed by atoms with Crippen molar-refractivity contribution in [3.05, 3.63) is 29.3 Å². The second-order valence-electron chi connectivity index (χ2n) is 6.42. The van der Waals surface area contributed by atoms with Gasteiger partial charge in [0.15, 0.2) is 0 Å². The minimum Gasteiger partial charge on any atom is -0.496 e. The van der Waals surface area contributed by atoms with Gasteiger partial charge >= 0.3 is 0 Å². The van der Waals surface area contributed by atoms with Crippen LogP contribution in [0.3, 0.4) is 0 Å². The number of methoxy groups -OCH3 is 2. The summed E-state index contributed by atoms with van der Waals surface area (Å²) in [4.78, 5) is 18.1. The van der Waals surface area contributed by atoms with E-state index in [9.17, 15) is 4.79 Å². The van der Waals surface area contributed by atoms with E-state index in [2.05, 4.69) is 21.9 Å². The molecular formula is C18H29N3O3. The first-order chi connectivity index (χ1) is 11.5. The van der Waals surface area contributed by atoms with Crippen LogP contribution in [0.25, 0.3) is 0 Å². The molecule has 0 aliphatic carbocycles. The Balaban J connectivity index is 1.87. The van der Waals surface area contributed by atoms with Crippen LogP contribution in [0.15, 0.2) is 18.2 Å². The van der Waals surface area contributed by atoms with Crippen LogP contribution in [0.4, 0.5) is 0 Å². The maximum atomic E-state index is 11.8. The van der Waals surface area contributed by atoms with Crippen LogP contribution in [0, 0.1) is 0 Å². The Hall–Kier alpha value is -1.63. The molecule has 1 amide bonds. The Labute approximate surface area is 144 Å². The zero-order valence-electron chi connectivity index (χ0n) is 15.2. The molecule has 134 valence electrons. The molecule has 0 radical (unpaired) electrons. The third-order valence-corrected chi connectivity index (χ3v) is 4.37. The largest absolute Gasteiger partial charge is 0.496 e. The topological polar surface area (TPSA) is 45.2 Å². The van der Waals surface area contributed by atoms with Crippen LogP contribution < -0.4 is 4.74 Å². The summed E-state index contributed by atoms with van der Waals surface area (Å²) in [5.41, 5.74) is 2.34. The van der Waals surface area contributed by atoms with Gasteiger partial charge in [0, 0.05) is 59.5 Å². The number of hydrogen-bond acceptors (Lipinski definition) is 5. The van der Waals surface area contributed by atoms with E-state index in [0.717, 1.165) is 44.0 Å². The van der Waals surface area contributed by atoms with E-state index in [1.807, 2.05) is 6.07 Å². The fraction of sp³-hybridized carbons (Fsp3) is 0.611. The van der Waals surface area contributed by atoms with E-state index in [-0.39, 0.29) is 5.91 Å². The predicted molar refractivity (Wildman–Crippen MR) is 94.1 cm³/mol. The highest BCUT2D eigenvalue weighted by Gasteiger charge is 2.19. The minimum absolute atomic E-state index is 0.169. The van der Waals surface area contributed by atoms with Gasteiger partial charge in [-0.25, -0.2) is 0 Å². The molecule has 0 unspecified atom stereocenters. The maximum absolute atomic E-state index is 11.8. The van der Waals surface area contributed by atoms with Crippen LogP contribution >= 0.6 is 0 Å². The highest BCUT2D eigenvalue weighted by atomic mass is 16.5. The van der Waals surface area contributed by atoms with Crippen LogP contribution in [-0.2, 0) is 22.7 Å². The lowest BCUT2D eigenvalue weighted by molar-refractivity contribution is -0.130. The molecule has 1 aromatic carbocycles. The van der Waals surface area contributed by atoms with Gasteiger partial charge < -0.3 is 14.4 Å². The quantitative estimate of drug-likeness (QED) is 0.745. The van der Waals surface area contributed by atoms with Gasteiger partial charge in [0.25, 0.3) is 0 Å². The van der Waals surface area contributed by atoms with Crippen molar-refractivity contribution in [2.45, 2.75) is 13.2 Å². The van der Waals surface area contributed by atoms with E-state index in [1.54, 1.807) is 33.2 Å². The third kappa shape index (κ3) is 5.19. The first-order valence-electron chi connectivity index (χ1n) is 8.33. The van der Waals surface area contributed by atoms with Crippen molar-refractivity contribution in [1.82, 2.24) is 14.7 Å². The molecule has 1 aliphatic heterocycles. The van der Waals surface area contributed by atoms with E-state index in [1.165, 1.54) is 5.56 Å². The van der Waals surface area contributed by atoms with Gasteiger partial charge in [-0.1, -0.05) is 6.07 Å². The number of piperazine rings is 1. The van der Waals surface area contributed by atoms with Crippen molar-refractivity contribution in [2.75, 3.05) is 61.0 Å². The van der Waals surface area contributed by atoms with E-state index in [0.29, 0.717) is 13.2 Å². The van der Waals surface area contributed by atoms with Crippen molar-refractivity contribution in [2.24, 2.45) is 0 Å². The summed E-state index contributed by atoms with van der Waals surface area (Å²) in [5.74, 6) is 1.04. The summed E-state index contributed by atoms with van der Waals surface area (Å²) in [7, 11) is 6.99. The first kappa shape index (κ1) is 18.7. The molecule has 0 spiro atoms. The fourth-order valence-electron chi connectivity index (χ4n) is 2.90. The summed E-state index contributed by atoms with van der Waals surface area (Å²) >= 11 is 0. The molecule has 0 aromatic heterocycles. The third-order valence-electron chi connectivity index (χ3n) is 4.37. The van der Waals surface area contributed by atoms with Crippen molar-refractivity contribution < 1.29 is 14.3 Å². The molecular weight excluding hydrogens is 306 g/mol. The Morgan fingerprint density at radius 1 is 1.12 bits per heavy atom. The first-order valence-corrected chi connectivity index (χ1v) is 8.33. The zero-order chi connectivity index (χ0) is 17.5. The number of hydrogen-bond donors (Lipinski definition) is 0. The average molecular weight is 335 g/mol. The molecule has 1 saturated heterocycles. The van der Waals surface area contributed by atoms with Gasteiger partial charge in [-0.2, -0.15) is 0 Å². The number of likely N-dealkylation sites (N-methyl/N-ethyl adjacent to an activating group) is 1. The monoisotopic (exact) mass is 335 g/mol. The minimum atomic E-state index is 0.169. The zero-order valence-corrected chi connectivity index (χ0v) is 15.2. The molecule has 0 N–H and O–H groups in total. The van der Waals surface area contributed by atoms with Crippen molar-refractivity contribution in [1.29, 1.82) is 0 Å². The van der Waals surface area contributed by atoms with E-state index >= 15 is 0 Å². The van der Waals surface area contributed by atoms with E-state index in [4.69, 9.17) is 9.47 Å². The second-order valence-corrected chi connectivity index (χ2v) is 6.42. The highest BCUT2D eigenvalue weighted by molar-refractivity contribution is 5.77. The predicted octanol–water partition coefficient (Wildman–Crippen LogP) is 1.05. The normalized spacial score (nSPS) is 16.2. The number of ether oxygens (including phenoxy) is 2. The molecule has 6 nitrogen and oxygen atoms in total. The lowest BCUT2D eigenvalue weighted by Gasteiger charge is -2.34. The lowest BCUT2D eigenvalue weighted by atomic mass is 10.1. The number of rotatable bonds is 7. The van der Waals surface area contributed by atoms with Gasteiger partial charge in [0.1, 0.15) is 5.75 Å². The number of nitrogens with zero attached hydrogens (tertiary/aromatic N) is 3. The molecule has 24 heavy (non-hydrogen) atoms. The SMILES string of the molecule is COCc1cc(CN2CCN(CC(=O)N(C)C)CC2)ccc1OC. The Bertz CT molecular complexity index is 540. The van der Waals surface area contributed by atoms with Crippen LogP contribution in [-0.4, -0.2) is 81.6 Å². The number of benzene rings is 1. The molecule has 1 heterocycles. The van der Waals surface area contributed by atoms with E-state index < -0.39 is 0 Å². The molecule has 1 aromatic rings. The van der Waals surface area contributed by atoms with Crippen LogP contribution in [0.5, 0.6) is 5.75 Å². The van der Waals surface area contributed by atoms with Gasteiger partial charge in [-0.05, 0) is 17.7 Å². The van der Waals surface area contributed by atoms with Crippen LogP contribution in [0.2, 0.25) is 0 Å². The van der Waals surface area contributed by atoms with Gasteiger partial charge in [-0.3, -0.25) is 14.6 Å². The molecule has 2 rings (SSSR count). The van der Waals surface area contributed by atoms with Gasteiger partial charge in [0.05, 0.1) is 20.3 Å². The maximum Gasteiger partial charge on any atom is 0.236 e. The van der Waals surface area contributed by atoms with Crippen molar-refractivity contribution >= 4 is 5.91 Å². The Morgan fingerprint density at radius 2 is 1.79 bits per heavy atom. The average Bonchev–Trinajstić information content (AvgIpc) is 2.57. The summed E-state index contributed by atoms with van der Waals surface area (Å²) in [6, 6.07) is 6.28. The fourth-order valence-corrected chi connectivity index (χ4v) is 2.90. The molecule has 0 bridgehead atoms. The number of amides is 1. The Morgan fingerprint density at radius 3 is 2.38 bits per heavy atom. The van der Waals surface area contributed by atoms with Crippen molar-refractivity contribution in [3.63, 3.8) is 0 Å². The molecule has 6 heteroatoms. The summed E-state index contributed by atoms with van der Waals surface area (Å²) < 4.78 is 10.6. The van der Waals surface area contributed by atoms with Crippen molar-refractivity contribution in [3.8, 4) is 5.75 Å². The summed E-state index contributed by atoms with van der Waals surface area (Å²) in [5, 5.41) is 0. The molecule has 1 fully saturated rings. The number of carbonyl (C=O) groups excluding carboxylic acids is 1. The molecule has 1 aliphatic rings. The second kappa shape index (κ2) is 9.01. The molecule has 0 atom stereocenters. The van der Waals surface area contributed by atoms with Crippen LogP contribution in [0.1, 0.15) is 11.1 Å². The number of carbonyl (C=O) groups is 1. The standard InChI is InChI=1S/C18H29N3O3/c1-19(2)18(22)13-21-9-7-20(8-10-21)12-15-5-6-17(24-4)16(11-15)14-23-3/h5-6,11H,7-10,12-14H2,1-4H3. The summed E-state index contributed by atoms with van der Waals surface area (Å²) in [6.45, 7) is 5.80. The Kier molecular flexibility index (Phi) is 7.02. The van der Waals surface area contributed by atoms with Gasteiger partial charge in [-0.15, -0.1) is 0 Å². The smallest absolute Gasteiger partial charge is 0.236 e. The molecule has 0 saturated carbocycles. The lowest BCUT2D eigenvalue weighted by Crippen LogP contribution is -2.48. The van der Waals surface area contributed by atoms with Gasteiger partial charge in [0.2, 0.25) is 5.91 Å². The highest BCUT2D eigenvalue weighted by Crippen LogP contribution is 2.21.